The third-order valence-corrected chi connectivity index (χ3v) is 19.9. The highest BCUT2D eigenvalue weighted by Gasteiger charge is 2.31. The molecule has 0 bridgehead atoms. The molecule has 15 heteroatoms. The van der Waals surface area contributed by atoms with Gasteiger partial charge < -0.3 is 38.6 Å². The van der Waals surface area contributed by atoms with Crippen LogP contribution < -0.4 is 24.9 Å². The molecule has 7 heterocycles. The number of carbonyl (C=O) groups is 4. The lowest BCUT2D eigenvalue weighted by Crippen LogP contribution is -2.33. The fraction of sp³-hybridized carbons (Fsp3) is 0.160. The Morgan fingerprint density at radius 2 is 0.823 bits per heavy atom. The minimum Gasteiger partial charge on any atom is -0.391 e. The Morgan fingerprint density at radius 3 is 1.31 bits per heavy atom. The quantitative estimate of drug-likeness (QED) is 0.178. The van der Waals surface area contributed by atoms with Gasteiger partial charge in [0.1, 0.15) is 0 Å². The Morgan fingerprint density at radius 1 is 0.396 bits per heavy atom. The van der Waals surface area contributed by atoms with Gasteiger partial charge in [0.25, 0.3) is 23.6 Å². The van der Waals surface area contributed by atoms with E-state index in [2.05, 4.69) is 175 Å². The van der Waals surface area contributed by atoms with E-state index in [-0.39, 0.29) is 23.6 Å². The Labute approximate surface area is 586 Å². The number of amides is 4. The summed E-state index contributed by atoms with van der Waals surface area (Å²) in [6, 6.07) is 69.3. The second kappa shape index (κ2) is 29.5. The highest BCUT2D eigenvalue weighted by Crippen LogP contribution is 2.37. The minimum absolute atomic E-state index is 0.0131. The van der Waals surface area contributed by atoms with Crippen molar-refractivity contribution in [3.8, 4) is 0 Å². The number of hydrogen-bond acceptors (Lipinski definition) is 5. The van der Waals surface area contributed by atoms with Crippen molar-refractivity contribution in [2.24, 2.45) is 21.1 Å². The number of anilines is 4. The fourth-order valence-electron chi connectivity index (χ4n) is 13.0. The summed E-state index contributed by atoms with van der Waals surface area (Å²) in [6.45, 7) is 8.29. The number of carbonyl (C=O) groups excluding carboxylic acids is 4. The van der Waals surface area contributed by atoms with E-state index in [0.29, 0.717) is 48.4 Å². The van der Waals surface area contributed by atoms with Gasteiger partial charge in [0.05, 0.1) is 31.7 Å². The van der Waals surface area contributed by atoms with Gasteiger partial charge in [0.2, 0.25) is 0 Å². The van der Waals surface area contributed by atoms with Crippen LogP contribution in [-0.2, 0) is 66.5 Å². The SMILES string of the molecule is C=CC1=C(NC)Cc2ccc(C)cc2N(C(=O)c2ccccc2)C1.Cn1ccc2c1Cc1ccccc1N(C(=O)c1ccc(Br)cc1)C2.Cn1ccc2c1Cc1ccccc1N(C(=O)c1cccc(Br)c1)C2.Cn1ccc2c1Cc1ccccc1N(C(=O)c1ccccc1Br)C2. The summed E-state index contributed by atoms with van der Waals surface area (Å²) in [4.78, 5) is 60.2. The van der Waals surface area contributed by atoms with Crippen LogP contribution in [0.3, 0.4) is 0 Å². The molecule has 0 fully saturated rings. The largest absolute Gasteiger partial charge is 0.391 e. The normalized spacial score (nSPS) is 13.4. The molecule has 1 N–H and O–H groups in total. The first-order valence-electron chi connectivity index (χ1n) is 31.9. The summed E-state index contributed by atoms with van der Waals surface area (Å²) < 4.78 is 9.17. The van der Waals surface area contributed by atoms with Crippen LogP contribution in [0.4, 0.5) is 22.7 Å². The number of benzene rings is 8. The third kappa shape index (κ3) is 14.3. The fourth-order valence-corrected chi connectivity index (χ4v) is 14.1. The number of rotatable bonds is 6. The molecule has 11 aromatic rings. The molecule has 0 saturated carbocycles. The van der Waals surface area contributed by atoms with Crippen LogP contribution in [0.2, 0.25) is 0 Å². The van der Waals surface area contributed by atoms with E-state index in [1.54, 1.807) is 0 Å². The van der Waals surface area contributed by atoms with E-state index < -0.39 is 0 Å². The number of para-hydroxylation sites is 3. The molecule has 15 rings (SSSR count). The molecule has 4 amide bonds. The molecule has 0 atom stereocenters. The number of hydrogen-bond donors (Lipinski definition) is 1. The van der Waals surface area contributed by atoms with Gasteiger partial charge in [-0.3, -0.25) is 19.2 Å². The van der Waals surface area contributed by atoms with Gasteiger partial charge in [-0.1, -0.05) is 148 Å². The van der Waals surface area contributed by atoms with Crippen LogP contribution in [0, 0.1) is 6.92 Å². The van der Waals surface area contributed by atoms with Gasteiger partial charge in [-0.25, -0.2) is 0 Å². The van der Waals surface area contributed by atoms with Crippen molar-refractivity contribution in [1.29, 1.82) is 0 Å². The Kier molecular flexibility index (Phi) is 20.3. The van der Waals surface area contributed by atoms with Gasteiger partial charge in [-0.15, -0.1) is 0 Å². The summed E-state index contributed by atoms with van der Waals surface area (Å²) in [7, 11) is 8.11. The van der Waals surface area contributed by atoms with Crippen LogP contribution in [0.1, 0.15) is 103 Å². The lowest BCUT2D eigenvalue weighted by Gasteiger charge is -2.24. The molecule has 0 radical (unpaired) electrons. The summed E-state index contributed by atoms with van der Waals surface area (Å²) in [5.41, 5.74) is 22.2. The van der Waals surface area contributed by atoms with Crippen LogP contribution in [-0.4, -0.2) is 50.9 Å². The molecule has 0 spiro atoms. The number of halogens is 3. The Hall–Kier alpha value is -9.80. The maximum Gasteiger partial charge on any atom is 0.259 e. The standard InChI is InChI=1S/C21H22N2O.3C20H17BrN2O/c1-4-16-14-23(21(24)17-8-6-5-7-9-17)20-12-15(2)10-11-18(20)13-19(16)22-3;1-22-11-10-15-13-23(20(24)16-7-3-4-8-17(16)21)18-9-5-2-6-14(18)12-19(15)22;1-22-10-9-16-13-23(20(24)15-6-4-7-17(21)11-15)18-8-3-2-5-14(18)12-19(16)22;1-22-11-10-16-13-23(20(24)14-6-8-17(21)9-7-14)18-5-3-2-4-15(18)12-19(16)22/h4-12,22H,1,13-14H2,2-3H3;3*2-11H,12-13H2,1H3. The molecule has 0 aliphatic carbocycles. The molecule has 0 unspecified atom stereocenters. The maximum atomic E-state index is 13.2. The first-order chi connectivity index (χ1) is 46.5. The molecule has 4 aliphatic heterocycles. The zero-order chi connectivity index (χ0) is 67.1. The maximum absolute atomic E-state index is 13.2. The highest BCUT2D eigenvalue weighted by molar-refractivity contribution is 9.11. The molecule has 96 heavy (non-hydrogen) atoms. The monoisotopic (exact) mass is 1460 g/mol. The minimum atomic E-state index is 0.0131. The number of aryl methyl sites for hydroxylation is 4. The van der Waals surface area contributed by atoms with Crippen molar-refractivity contribution in [2.75, 3.05) is 33.2 Å². The topological polar surface area (TPSA) is 108 Å². The average molecular weight is 1460 g/mol. The number of allylic oxidation sites excluding steroid dienone is 1. The Balaban J connectivity index is 0.000000122. The predicted molar refractivity (Wildman–Crippen MR) is 397 cm³/mol. The number of nitrogens with zero attached hydrogens (tertiary/aromatic N) is 7. The van der Waals surface area contributed by atoms with E-state index in [1.165, 1.54) is 50.5 Å². The molecule has 4 aliphatic rings. The van der Waals surface area contributed by atoms with E-state index in [1.807, 2.05) is 190 Å². The lowest BCUT2D eigenvalue weighted by molar-refractivity contribution is 0.0977. The van der Waals surface area contributed by atoms with Crippen LogP contribution in [0.5, 0.6) is 0 Å². The average Bonchev–Trinajstić information content (AvgIpc) is 1.66. The molecule has 482 valence electrons. The van der Waals surface area contributed by atoms with Gasteiger partial charge in [-0.2, -0.15) is 0 Å². The van der Waals surface area contributed by atoms with Crippen LogP contribution in [0.25, 0.3) is 0 Å². The summed E-state index contributed by atoms with van der Waals surface area (Å²) >= 11 is 10.4. The van der Waals surface area contributed by atoms with Gasteiger partial charge >= 0.3 is 0 Å². The van der Waals surface area contributed by atoms with E-state index in [9.17, 15) is 19.2 Å². The van der Waals surface area contributed by atoms with Crippen molar-refractivity contribution in [3.63, 3.8) is 0 Å². The summed E-state index contributed by atoms with van der Waals surface area (Å²) in [5.74, 6) is 0.0953. The van der Waals surface area contributed by atoms with Crippen LogP contribution >= 0.6 is 47.8 Å². The highest BCUT2D eigenvalue weighted by atomic mass is 79.9. The zero-order valence-corrected chi connectivity index (χ0v) is 59.0. The molecular formula is C81H73Br3N8O4. The van der Waals surface area contributed by atoms with Gasteiger partial charge in [0, 0.05) is 148 Å². The summed E-state index contributed by atoms with van der Waals surface area (Å²) in [5, 5.41) is 3.27. The molecule has 3 aromatic heterocycles. The number of likely N-dealkylation sites (N-methyl/N-ethyl adjacent to an activating group) is 1. The second-order valence-electron chi connectivity index (χ2n) is 24.3. The number of aromatic nitrogens is 3. The second-order valence-corrected chi connectivity index (χ2v) is 27.0. The van der Waals surface area contributed by atoms with Gasteiger partial charge in [0.15, 0.2) is 0 Å². The van der Waals surface area contributed by atoms with E-state index in [0.717, 1.165) is 84.2 Å². The predicted octanol–water partition coefficient (Wildman–Crippen LogP) is 17.5. The van der Waals surface area contributed by atoms with Gasteiger partial charge in [-0.05, 0) is 182 Å². The lowest BCUT2D eigenvalue weighted by atomic mass is 10.0. The zero-order valence-electron chi connectivity index (χ0n) is 54.3. The summed E-state index contributed by atoms with van der Waals surface area (Å²) in [6.07, 6.45) is 11.4. The number of nitrogens with one attached hydrogen (secondary N) is 1. The van der Waals surface area contributed by atoms with Crippen molar-refractivity contribution >= 4 is 94.2 Å². The molecule has 0 saturated heterocycles. The molecular weight excluding hydrogens is 1390 g/mol. The van der Waals surface area contributed by atoms with E-state index >= 15 is 0 Å². The third-order valence-electron chi connectivity index (χ3n) is 18.2. The Bertz CT molecular complexity index is 4770. The number of fused-ring (bicyclic) bond motifs is 7. The van der Waals surface area contributed by atoms with Crippen molar-refractivity contribution in [1.82, 2.24) is 19.0 Å². The first-order valence-corrected chi connectivity index (χ1v) is 34.3. The molecule has 8 aromatic carbocycles. The van der Waals surface area contributed by atoms with E-state index in [4.69, 9.17) is 0 Å². The van der Waals surface area contributed by atoms with Crippen molar-refractivity contribution in [2.45, 2.75) is 52.2 Å². The van der Waals surface area contributed by atoms with Crippen molar-refractivity contribution in [3.05, 3.63) is 352 Å². The first kappa shape index (κ1) is 66.2. The smallest absolute Gasteiger partial charge is 0.259 e. The van der Waals surface area contributed by atoms with Crippen LogP contribution in [0.15, 0.2) is 268 Å². The molecule has 12 nitrogen and oxygen atoms in total. The van der Waals surface area contributed by atoms with Crippen molar-refractivity contribution < 1.29 is 19.2 Å².